The van der Waals surface area contributed by atoms with Crippen molar-refractivity contribution in [2.75, 3.05) is 5.43 Å². The Bertz CT molecular complexity index is 1230. The number of hydrogen-bond donors (Lipinski definition) is 2. The Hall–Kier alpha value is -3.93. The number of nitrogens with zero attached hydrogens (tertiary/aromatic N) is 4. The molecule has 0 saturated carbocycles. The SMILES string of the molecule is C(=NNc1nc2ccccc2[nH]1)c1nc2ccccc2n1Cc1ccccc1. The molecule has 5 aromatic rings. The van der Waals surface area contributed by atoms with Crippen LogP contribution in [0.2, 0.25) is 0 Å². The lowest BCUT2D eigenvalue weighted by Gasteiger charge is -2.07. The molecule has 0 saturated heterocycles. The molecule has 0 aliphatic rings. The van der Waals surface area contributed by atoms with Gasteiger partial charge in [-0.25, -0.2) is 15.4 Å². The zero-order valence-electron chi connectivity index (χ0n) is 15.1. The van der Waals surface area contributed by atoms with Gasteiger partial charge in [0.05, 0.1) is 28.3 Å². The lowest BCUT2D eigenvalue weighted by Crippen LogP contribution is -2.05. The Morgan fingerprint density at radius 1 is 0.857 bits per heavy atom. The van der Waals surface area contributed by atoms with E-state index in [1.165, 1.54) is 5.56 Å². The summed E-state index contributed by atoms with van der Waals surface area (Å²) in [5.74, 6) is 1.39. The molecule has 0 amide bonds. The van der Waals surface area contributed by atoms with Crippen molar-refractivity contribution in [3.8, 4) is 0 Å². The van der Waals surface area contributed by atoms with Gasteiger partial charge in [0.15, 0.2) is 5.82 Å². The number of imidazole rings is 2. The van der Waals surface area contributed by atoms with Gasteiger partial charge >= 0.3 is 0 Å². The molecule has 5 rings (SSSR count). The van der Waals surface area contributed by atoms with Crippen molar-refractivity contribution in [1.82, 2.24) is 19.5 Å². The van der Waals surface area contributed by atoms with Crippen LogP contribution in [0.25, 0.3) is 22.1 Å². The first-order chi connectivity index (χ1) is 13.9. The van der Waals surface area contributed by atoms with Crippen LogP contribution in [0.3, 0.4) is 0 Å². The molecule has 0 aliphatic heterocycles. The number of aromatic amines is 1. The minimum Gasteiger partial charge on any atom is -0.323 e. The Kier molecular flexibility index (Phi) is 4.06. The monoisotopic (exact) mass is 366 g/mol. The van der Waals surface area contributed by atoms with Crippen LogP contribution in [0.15, 0.2) is 84.0 Å². The molecule has 0 fully saturated rings. The van der Waals surface area contributed by atoms with Crippen LogP contribution in [-0.2, 0) is 6.54 Å². The van der Waals surface area contributed by atoms with E-state index in [1.54, 1.807) is 6.21 Å². The van der Waals surface area contributed by atoms with E-state index in [0.717, 1.165) is 34.4 Å². The molecule has 0 spiro atoms. The molecule has 136 valence electrons. The summed E-state index contributed by atoms with van der Waals surface area (Å²) in [6.45, 7) is 0.730. The van der Waals surface area contributed by atoms with Crippen LogP contribution < -0.4 is 5.43 Å². The number of anilines is 1. The smallest absolute Gasteiger partial charge is 0.222 e. The predicted octanol–water partition coefficient (Wildman–Crippen LogP) is 4.41. The number of para-hydroxylation sites is 4. The number of benzene rings is 3. The summed E-state index contributed by atoms with van der Waals surface area (Å²) in [5, 5.41) is 4.35. The van der Waals surface area contributed by atoms with Crippen molar-refractivity contribution < 1.29 is 0 Å². The molecule has 28 heavy (non-hydrogen) atoms. The minimum atomic E-state index is 0.600. The van der Waals surface area contributed by atoms with Crippen LogP contribution in [0.1, 0.15) is 11.4 Å². The van der Waals surface area contributed by atoms with E-state index in [2.05, 4.69) is 43.3 Å². The highest BCUT2D eigenvalue weighted by Gasteiger charge is 2.09. The first kappa shape index (κ1) is 16.3. The van der Waals surface area contributed by atoms with E-state index >= 15 is 0 Å². The van der Waals surface area contributed by atoms with Crippen molar-refractivity contribution >= 4 is 34.2 Å². The first-order valence-corrected chi connectivity index (χ1v) is 9.10. The molecule has 2 aromatic heterocycles. The van der Waals surface area contributed by atoms with Gasteiger partial charge in [-0.15, -0.1) is 0 Å². The van der Waals surface area contributed by atoms with E-state index in [9.17, 15) is 0 Å². The molecule has 0 atom stereocenters. The standard InChI is InChI=1S/C22H18N6/c1-2-8-16(9-3-1)15-28-20-13-7-6-12-19(20)24-21(28)14-23-27-22-25-17-10-4-5-11-18(17)26-22/h1-14H,15H2,(H2,25,26,27). The summed E-state index contributed by atoms with van der Waals surface area (Å²) in [6, 6.07) is 26.3. The molecule has 6 nitrogen and oxygen atoms in total. The summed E-state index contributed by atoms with van der Waals surface area (Å²) in [5.41, 5.74) is 8.08. The van der Waals surface area contributed by atoms with Crippen molar-refractivity contribution in [2.45, 2.75) is 6.54 Å². The third kappa shape index (κ3) is 3.12. The molecule has 2 N–H and O–H groups in total. The Balaban J connectivity index is 1.45. The number of aromatic nitrogens is 4. The number of nitrogens with one attached hydrogen (secondary N) is 2. The van der Waals surface area contributed by atoms with Gasteiger partial charge in [0.1, 0.15) is 0 Å². The summed E-state index contributed by atoms with van der Waals surface area (Å²) >= 11 is 0. The molecule has 3 aromatic carbocycles. The normalized spacial score (nSPS) is 11.6. The molecule has 2 heterocycles. The quantitative estimate of drug-likeness (QED) is 0.358. The van der Waals surface area contributed by atoms with Gasteiger partial charge in [0.25, 0.3) is 0 Å². The Labute approximate surface area is 161 Å². The lowest BCUT2D eigenvalue weighted by molar-refractivity contribution is 0.816. The zero-order valence-corrected chi connectivity index (χ0v) is 15.1. The molecule has 6 heteroatoms. The lowest BCUT2D eigenvalue weighted by atomic mass is 10.2. The second-order valence-corrected chi connectivity index (χ2v) is 6.50. The summed E-state index contributed by atoms with van der Waals surface area (Å²) in [6.07, 6.45) is 1.73. The molecule has 0 aliphatic carbocycles. The highest BCUT2D eigenvalue weighted by molar-refractivity contribution is 5.85. The number of H-pyrrole nitrogens is 1. The Morgan fingerprint density at radius 3 is 2.46 bits per heavy atom. The maximum Gasteiger partial charge on any atom is 0.222 e. The van der Waals surface area contributed by atoms with E-state index in [1.807, 2.05) is 60.7 Å². The molecular formula is C22H18N6. The summed E-state index contributed by atoms with van der Waals surface area (Å²) < 4.78 is 2.16. The van der Waals surface area contributed by atoms with Crippen LogP contribution in [0.4, 0.5) is 5.95 Å². The van der Waals surface area contributed by atoms with Gasteiger partial charge in [-0.1, -0.05) is 54.6 Å². The van der Waals surface area contributed by atoms with Crippen LogP contribution in [0, 0.1) is 0 Å². The number of fused-ring (bicyclic) bond motifs is 2. The van der Waals surface area contributed by atoms with Crippen LogP contribution in [0.5, 0.6) is 0 Å². The Morgan fingerprint density at radius 2 is 1.61 bits per heavy atom. The van der Waals surface area contributed by atoms with Crippen molar-refractivity contribution in [2.24, 2.45) is 5.10 Å². The van der Waals surface area contributed by atoms with Crippen LogP contribution in [-0.4, -0.2) is 25.7 Å². The average molecular weight is 366 g/mol. The predicted molar refractivity (Wildman–Crippen MR) is 113 cm³/mol. The maximum atomic E-state index is 4.73. The third-order valence-electron chi connectivity index (χ3n) is 4.61. The summed E-state index contributed by atoms with van der Waals surface area (Å²) in [7, 11) is 0. The van der Waals surface area contributed by atoms with Gasteiger partial charge in [-0.3, -0.25) is 0 Å². The van der Waals surface area contributed by atoms with E-state index in [0.29, 0.717) is 5.95 Å². The van der Waals surface area contributed by atoms with E-state index in [4.69, 9.17) is 4.98 Å². The molecule has 0 radical (unpaired) electrons. The highest BCUT2D eigenvalue weighted by Crippen LogP contribution is 2.17. The van der Waals surface area contributed by atoms with Gasteiger partial charge in [0.2, 0.25) is 5.95 Å². The fraction of sp³-hybridized carbons (Fsp3) is 0.0455. The zero-order chi connectivity index (χ0) is 18.8. The third-order valence-corrected chi connectivity index (χ3v) is 4.61. The second kappa shape index (κ2) is 7.00. The largest absolute Gasteiger partial charge is 0.323 e. The van der Waals surface area contributed by atoms with Crippen molar-refractivity contribution in [1.29, 1.82) is 0 Å². The van der Waals surface area contributed by atoms with E-state index < -0.39 is 0 Å². The second-order valence-electron chi connectivity index (χ2n) is 6.50. The first-order valence-electron chi connectivity index (χ1n) is 9.10. The molecular weight excluding hydrogens is 348 g/mol. The number of hydrogen-bond acceptors (Lipinski definition) is 4. The molecule has 0 bridgehead atoms. The number of rotatable bonds is 5. The fourth-order valence-electron chi connectivity index (χ4n) is 3.28. The van der Waals surface area contributed by atoms with Gasteiger partial charge in [-0.05, 0) is 29.8 Å². The average Bonchev–Trinajstić information content (AvgIpc) is 3.30. The van der Waals surface area contributed by atoms with Gasteiger partial charge in [0, 0.05) is 6.54 Å². The highest BCUT2D eigenvalue weighted by atomic mass is 15.4. The fourth-order valence-corrected chi connectivity index (χ4v) is 3.28. The maximum absolute atomic E-state index is 4.73. The molecule has 0 unspecified atom stereocenters. The van der Waals surface area contributed by atoms with E-state index in [-0.39, 0.29) is 0 Å². The van der Waals surface area contributed by atoms with Crippen molar-refractivity contribution in [3.63, 3.8) is 0 Å². The topological polar surface area (TPSA) is 70.9 Å². The van der Waals surface area contributed by atoms with Gasteiger partial charge in [-0.2, -0.15) is 5.10 Å². The summed E-state index contributed by atoms with van der Waals surface area (Å²) in [4.78, 5) is 12.4. The van der Waals surface area contributed by atoms with Gasteiger partial charge < -0.3 is 9.55 Å². The van der Waals surface area contributed by atoms with Crippen LogP contribution >= 0.6 is 0 Å². The number of hydrazone groups is 1. The van der Waals surface area contributed by atoms with Crippen molar-refractivity contribution in [3.05, 3.63) is 90.3 Å². The minimum absolute atomic E-state index is 0.600.